The number of amides is 1. The van der Waals surface area contributed by atoms with Crippen molar-refractivity contribution in [3.05, 3.63) is 54.1 Å². The van der Waals surface area contributed by atoms with Crippen LogP contribution in [0.4, 0.5) is 11.7 Å². The van der Waals surface area contributed by atoms with E-state index in [9.17, 15) is 4.79 Å². The molecule has 2 N–H and O–H groups in total. The molecule has 0 unspecified atom stereocenters. The van der Waals surface area contributed by atoms with Gasteiger partial charge in [-0.2, -0.15) is 0 Å². The Balaban J connectivity index is 1.17. The van der Waals surface area contributed by atoms with E-state index in [-0.39, 0.29) is 5.91 Å². The molecule has 0 bridgehead atoms. The summed E-state index contributed by atoms with van der Waals surface area (Å²) in [6.45, 7) is 3.79. The summed E-state index contributed by atoms with van der Waals surface area (Å²) in [6, 6.07) is 15.3. The van der Waals surface area contributed by atoms with Gasteiger partial charge in [-0.25, -0.2) is 0 Å². The molecular formula is C28H35N5O3. The number of piperidine rings is 1. The Morgan fingerprint density at radius 1 is 1.03 bits per heavy atom. The van der Waals surface area contributed by atoms with E-state index < -0.39 is 0 Å². The zero-order valence-corrected chi connectivity index (χ0v) is 20.9. The third kappa shape index (κ3) is 6.05. The maximum Gasteiger partial charge on any atom is 0.315 e. The number of hydrogen-bond acceptors (Lipinski definition) is 7. The number of anilines is 2. The van der Waals surface area contributed by atoms with Gasteiger partial charge in [0.1, 0.15) is 5.75 Å². The molecule has 1 aromatic heterocycles. The first kappa shape index (κ1) is 24.3. The van der Waals surface area contributed by atoms with Gasteiger partial charge in [0.25, 0.3) is 11.8 Å². The van der Waals surface area contributed by atoms with Gasteiger partial charge in [-0.1, -0.05) is 29.7 Å². The number of nitrogens with zero attached hydrogens (tertiary/aromatic N) is 3. The Bertz CT molecular complexity index is 1140. The van der Waals surface area contributed by atoms with E-state index >= 15 is 0 Å². The molecule has 2 aliphatic rings. The van der Waals surface area contributed by atoms with E-state index in [1.807, 2.05) is 24.3 Å². The molecule has 0 atom stereocenters. The molecule has 36 heavy (non-hydrogen) atoms. The Morgan fingerprint density at radius 3 is 2.56 bits per heavy atom. The molecule has 0 radical (unpaired) electrons. The monoisotopic (exact) mass is 489 g/mol. The summed E-state index contributed by atoms with van der Waals surface area (Å²) in [5.74, 6) is 1.55. The Morgan fingerprint density at radius 2 is 1.81 bits per heavy atom. The summed E-state index contributed by atoms with van der Waals surface area (Å²) < 4.78 is 11.5. The number of benzene rings is 2. The number of hydrogen-bond donors (Lipinski definition) is 2. The van der Waals surface area contributed by atoms with Crippen LogP contribution in [0.1, 0.15) is 55.3 Å². The standard InChI is InChI=1S/C28H35N5O3/c1-35-25-18-23(29-26(34)21-8-4-2-5-9-21)14-15-24(25)27-31-32-28(36-27)30-22-12-10-20(11-13-22)19-33-16-6-3-7-17-33/h2,4-5,8-9,14-15,18,20,22H,3,6-7,10-13,16-17,19H2,1H3,(H,29,34)(H,30,32). The fraction of sp³-hybridized carbons (Fsp3) is 0.464. The minimum absolute atomic E-state index is 0.180. The van der Waals surface area contributed by atoms with Crippen molar-refractivity contribution in [1.29, 1.82) is 0 Å². The van der Waals surface area contributed by atoms with Crippen LogP contribution < -0.4 is 15.4 Å². The molecule has 5 rings (SSSR count). The molecule has 8 nitrogen and oxygen atoms in total. The van der Waals surface area contributed by atoms with Crippen molar-refractivity contribution in [2.75, 3.05) is 37.4 Å². The van der Waals surface area contributed by atoms with Crippen LogP contribution in [0.25, 0.3) is 11.5 Å². The smallest absolute Gasteiger partial charge is 0.315 e. The van der Waals surface area contributed by atoms with Crippen molar-refractivity contribution in [1.82, 2.24) is 15.1 Å². The first-order chi connectivity index (χ1) is 17.7. The lowest BCUT2D eigenvalue weighted by Gasteiger charge is -2.34. The van der Waals surface area contributed by atoms with E-state index in [0.717, 1.165) is 18.8 Å². The second kappa shape index (κ2) is 11.6. The zero-order chi connectivity index (χ0) is 24.7. The zero-order valence-electron chi connectivity index (χ0n) is 20.9. The highest BCUT2D eigenvalue weighted by molar-refractivity contribution is 6.04. The number of likely N-dealkylation sites (tertiary alicyclic amines) is 1. The highest BCUT2D eigenvalue weighted by Gasteiger charge is 2.25. The van der Waals surface area contributed by atoms with E-state index in [4.69, 9.17) is 9.15 Å². The maximum atomic E-state index is 12.5. The molecule has 1 amide bonds. The number of aromatic nitrogens is 2. The summed E-state index contributed by atoms with van der Waals surface area (Å²) in [5, 5.41) is 14.8. The Hall–Kier alpha value is -3.39. The minimum atomic E-state index is -0.180. The summed E-state index contributed by atoms with van der Waals surface area (Å²) in [4.78, 5) is 15.1. The van der Waals surface area contributed by atoms with Gasteiger partial charge in [0.2, 0.25) is 0 Å². The Kier molecular flexibility index (Phi) is 7.81. The Labute approximate surface area is 212 Å². The molecule has 1 aliphatic carbocycles. The van der Waals surface area contributed by atoms with Gasteiger partial charge < -0.3 is 24.7 Å². The van der Waals surface area contributed by atoms with E-state index in [1.165, 1.54) is 51.7 Å². The fourth-order valence-electron chi connectivity index (χ4n) is 5.30. The van der Waals surface area contributed by atoms with E-state index in [2.05, 4.69) is 25.7 Å². The molecule has 2 heterocycles. The predicted octanol–water partition coefficient (Wildman–Crippen LogP) is 5.45. The molecule has 1 saturated carbocycles. The number of methoxy groups -OCH3 is 1. The van der Waals surface area contributed by atoms with Crippen molar-refractivity contribution < 1.29 is 13.9 Å². The number of rotatable bonds is 8. The number of carbonyl (C=O) groups excluding carboxylic acids is 1. The average molecular weight is 490 g/mol. The molecule has 190 valence electrons. The lowest BCUT2D eigenvalue weighted by molar-refractivity contribution is 0.102. The molecule has 2 aromatic carbocycles. The first-order valence-corrected chi connectivity index (χ1v) is 13.0. The van der Waals surface area contributed by atoms with Gasteiger partial charge in [0.05, 0.1) is 12.7 Å². The van der Waals surface area contributed by atoms with Crippen molar-refractivity contribution in [2.24, 2.45) is 5.92 Å². The minimum Gasteiger partial charge on any atom is -0.496 e. The van der Waals surface area contributed by atoms with Gasteiger partial charge in [0.15, 0.2) is 0 Å². The van der Waals surface area contributed by atoms with Crippen LogP contribution in [-0.4, -0.2) is 53.8 Å². The second-order valence-electron chi connectivity index (χ2n) is 9.87. The van der Waals surface area contributed by atoms with Crippen LogP contribution >= 0.6 is 0 Å². The van der Waals surface area contributed by atoms with Gasteiger partial charge in [-0.15, -0.1) is 5.10 Å². The van der Waals surface area contributed by atoms with Crippen LogP contribution in [0.5, 0.6) is 5.75 Å². The normalized spacial score (nSPS) is 20.6. The highest BCUT2D eigenvalue weighted by atomic mass is 16.5. The van der Waals surface area contributed by atoms with Crippen LogP contribution in [0.15, 0.2) is 52.9 Å². The number of carbonyl (C=O) groups is 1. The van der Waals surface area contributed by atoms with Crippen LogP contribution in [0.2, 0.25) is 0 Å². The first-order valence-electron chi connectivity index (χ1n) is 13.0. The molecular weight excluding hydrogens is 454 g/mol. The number of nitrogens with one attached hydrogen (secondary N) is 2. The SMILES string of the molecule is COc1cc(NC(=O)c2ccccc2)ccc1-c1nnc(NC2CCC(CN3CCCCC3)CC2)o1. The van der Waals surface area contributed by atoms with Crippen LogP contribution in [0, 0.1) is 5.92 Å². The van der Waals surface area contributed by atoms with Crippen molar-refractivity contribution in [2.45, 2.75) is 51.0 Å². The number of ether oxygens (including phenoxy) is 1. The van der Waals surface area contributed by atoms with Crippen molar-refractivity contribution in [3.63, 3.8) is 0 Å². The lowest BCUT2D eigenvalue weighted by Crippen LogP contribution is -2.37. The molecule has 3 aromatic rings. The van der Waals surface area contributed by atoms with Gasteiger partial charge in [-0.05, 0) is 81.8 Å². The third-order valence-electron chi connectivity index (χ3n) is 7.29. The van der Waals surface area contributed by atoms with Crippen LogP contribution in [0.3, 0.4) is 0 Å². The van der Waals surface area contributed by atoms with Gasteiger partial charge >= 0.3 is 6.01 Å². The largest absolute Gasteiger partial charge is 0.496 e. The highest BCUT2D eigenvalue weighted by Crippen LogP contribution is 2.33. The van der Waals surface area contributed by atoms with Crippen molar-refractivity contribution in [3.8, 4) is 17.2 Å². The molecule has 8 heteroatoms. The topological polar surface area (TPSA) is 92.5 Å². The van der Waals surface area contributed by atoms with Crippen molar-refractivity contribution >= 4 is 17.6 Å². The molecule has 1 saturated heterocycles. The quantitative estimate of drug-likeness (QED) is 0.434. The molecule has 2 fully saturated rings. The van der Waals surface area contributed by atoms with Gasteiger partial charge in [-0.3, -0.25) is 4.79 Å². The third-order valence-corrected chi connectivity index (χ3v) is 7.29. The van der Waals surface area contributed by atoms with E-state index in [0.29, 0.717) is 40.5 Å². The van der Waals surface area contributed by atoms with Crippen LogP contribution in [-0.2, 0) is 0 Å². The molecule has 1 aliphatic heterocycles. The van der Waals surface area contributed by atoms with E-state index in [1.54, 1.807) is 31.4 Å². The fourth-order valence-corrected chi connectivity index (χ4v) is 5.30. The lowest BCUT2D eigenvalue weighted by atomic mass is 9.85. The maximum absolute atomic E-state index is 12.5. The second-order valence-corrected chi connectivity index (χ2v) is 9.87. The summed E-state index contributed by atoms with van der Waals surface area (Å²) in [5.41, 5.74) is 1.90. The summed E-state index contributed by atoms with van der Waals surface area (Å²) in [6.07, 6.45) is 8.81. The summed E-state index contributed by atoms with van der Waals surface area (Å²) in [7, 11) is 1.58. The van der Waals surface area contributed by atoms with Gasteiger partial charge in [0, 0.05) is 29.9 Å². The predicted molar refractivity (Wildman–Crippen MR) is 140 cm³/mol. The molecule has 0 spiro atoms. The average Bonchev–Trinajstić information content (AvgIpc) is 3.39. The summed E-state index contributed by atoms with van der Waals surface area (Å²) >= 11 is 0.